The lowest BCUT2D eigenvalue weighted by Gasteiger charge is -2.19. The zero-order valence-electron chi connectivity index (χ0n) is 10.2. The molecule has 0 saturated carbocycles. The molecule has 0 aliphatic carbocycles. The van der Waals surface area contributed by atoms with Crippen LogP contribution in [0.4, 0.5) is 4.79 Å². The number of amides is 1. The van der Waals surface area contributed by atoms with Gasteiger partial charge < -0.3 is 10.1 Å². The standard InChI is InChI=1S/C12H16NO3S/c1-12(2,3)16-11(15)13-8-10-5-4-9(17-10)6-7-14/h4-5H,6,8H2,1-3H3,(H,13,15). The van der Waals surface area contributed by atoms with Gasteiger partial charge in [0.2, 0.25) is 6.29 Å². The average Bonchev–Trinajstić information content (AvgIpc) is 2.61. The van der Waals surface area contributed by atoms with Gasteiger partial charge in [-0.1, -0.05) is 0 Å². The molecule has 0 spiro atoms. The quantitative estimate of drug-likeness (QED) is 0.897. The minimum atomic E-state index is -0.489. The van der Waals surface area contributed by atoms with Crippen molar-refractivity contribution in [2.24, 2.45) is 0 Å². The molecule has 0 saturated heterocycles. The van der Waals surface area contributed by atoms with Gasteiger partial charge in [-0.15, -0.1) is 11.3 Å². The number of ether oxygens (including phenoxy) is 1. The molecule has 1 N–H and O–H groups in total. The Hall–Kier alpha value is -1.36. The average molecular weight is 254 g/mol. The lowest BCUT2D eigenvalue weighted by molar-refractivity contribution is 0.0524. The van der Waals surface area contributed by atoms with E-state index in [-0.39, 0.29) is 0 Å². The molecule has 0 bridgehead atoms. The molecular weight excluding hydrogens is 238 g/mol. The minimum Gasteiger partial charge on any atom is -0.444 e. The van der Waals surface area contributed by atoms with Crippen molar-refractivity contribution in [2.75, 3.05) is 0 Å². The van der Waals surface area contributed by atoms with E-state index in [1.807, 2.05) is 39.2 Å². The predicted octanol–water partition coefficient (Wildman–Crippen LogP) is 2.43. The smallest absolute Gasteiger partial charge is 0.407 e. The Labute approximate surface area is 105 Å². The van der Waals surface area contributed by atoms with E-state index in [0.29, 0.717) is 13.0 Å². The normalized spacial score (nSPS) is 11.0. The first-order valence-electron chi connectivity index (χ1n) is 5.30. The van der Waals surface area contributed by atoms with Gasteiger partial charge in [-0.05, 0) is 32.9 Å². The van der Waals surface area contributed by atoms with Gasteiger partial charge in [-0.3, -0.25) is 4.79 Å². The van der Waals surface area contributed by atoms with Crippen LogP contribution in [0.1, 0.15) is 30.5 Å². The Bertz CT molecular complexity index is 393. The monoisotopic (exact) mass is 254 g/mol. The summed E-state index contributed by atoms with van der Waals surface area (Å²) in [6, 6.07) is 3.75. The van der Waals surface area contributed by atoms with Crippen molar-refractivity contribution in [3.8, 4) is 0 Å². The van der Waals surface area contributed by atoms with E-state index in [1.54, 1.807) is 0 Å². The van der Waals surface area contributed by atoms with Gasteiger partial charge >= 0.3 is 6.09 Å². The predicted molar refractivity (Wildman–Crippen MR) is 66.8 cm³/mol. The summed E-state index contributed by atoms with van der Waals surface area (Å²) in [4.78, 5) is 23.5. The van der Waals surface area contributed by atoms with Crippen LogP contribution in [-0.2, 0) is 22.5 Å². The molecule has 1 rings (SSSR count). The lowest BCUT2D eigenvalue weighted by atomic mass is 10.2. The fourth-order valence-corrected chi connectivity index (χ4v) is 2.04. The molecule has 0 unspecified atom stereocenters. The summed E-state index contributed by atoms with van der Waals surface area (Å²) in [5, 5.41) is 2.66. The van der Waals surface area contributed by atoms with E-state index in [9.17, 15) is 9.59 Å². The number of carbonyl (C=O) groups is 1. The lowest BCUT2D eigenvalue weighted by Crippen LogP contribution is -2.31. The van der Waals surface area contributed by atoms with Crippen molar-refractivity contribution in [2.45, 2.75) is 39.3 Å². The van der Waals surface area contributed by atoms with E-state index >= 15 is 0 Å². The highest BCUT2D eigenvalue weighted by Gasteiger charge is 2.15. The third kappa shape index (κ3) is 5.49. The van der Waals surface area contributed by atoms with Gasteiger partial charge in [-0.25, -0.2) is 4.79 Å². The first-order valence-corrected chi connectivity index (χ1v) is 6.12. The Balaban J connectivity index is 2.39. The molecule has 5 heteroatoms. The van der Waals surface area contributed by atoms with Crippen LogP contribution in [0.3, 0.4) is 0 Å². The van der Waals surface area contributed by atoms with Gasteiger partial charge in [0.1, 0.15) is 5.60 Å². The summed E-state index contributed by atoms with van der Waals surface area (Å²) in [6.07, 6.45) is 1.71. The second-order valence-corrected chi connectivity index (χ2v) is 5.80. The van der Waals surface area contributed by atoms with Crippen LogP contribution in [0, 0.1) is 0 Å². The number of rotatable bonds is 4. The zero-order valence-corrected chi connectivity index (χ0v) is 11.0. The van der Waals surface area contributed by atoms with Gasteiger partial charge in [0.05, 0.1) is 6.54 Å². The summed E-state index contributed by atoms with van der Waals surface area (Å²) >= 11 is 1.48. The highest BCUT2D eigenvalue weighted by atomic mass is 32.1. The second kappa shape index (κ2) is 5.82. The molecule has 93 valence electrons. The molecule has 17 heavy (non-hydrogen) atoms. The molecule has 0 aliphatic rings. The molecule has 1 aromatic heterocycles. The fourth-order valence-electron chi connectivity index (χ4n) is 1.16. The van der Waals surface area contributed by atoms with Crippen LogP contribution in [0.2, 0.25) is 0 Å². The molecule has 1 amide bonds. The maximum atomic E-state index is 11.4. The zero-order chi connectivity index (χ0) is 12.9. The third-order valence-electron chi connectivity index (χ3n) is 1.77. The molecule has 0 fully saturated rings. The van der Waals surface area contributed by atoms with Crippen molar-refractivity contribution in [1.82, 2.24) is 5.32 Å². The minimum absolute atomic E-state index is 0.303. The Morgan fingerprint density at radius 1 is 1.41 bits per heavy atom. The van der Waals surface area contributed by atoms with Crippen LogP contribution < -0.4 is 5.32 Å². The van der Waals surface area contributed by atoms with E-state index < -0.39 is 11.7 Å². The Morgan fingerprint density at radius 3 is 2.65 bits per heavy atom. The van der Waals surface area contributed by atoms with Crippen molar-refractivity contribution >= 4 is 23.7 Å². The van der Waals surface area contributed by atoms with Crippen molar-refractivity contribution < 1.29 is 14.3 Å². The number of thiophene rings is 1. The molecular formula is C12H16NO3S. The first-order chi connectivity index (χ1) is 7.90. The van der Waals surface area contributed by atoms with Gasteiger partial charge in [-0.2, -0.15) is 0 Å². The summed E-state index contributed by atoms with van der Waals surface area (Å²) in [5.74, 6) is 0. The summed E-state index contributed by atoms with van der Waals surface area (Å²) < 4.78 is 5.11. The van der Waals surface area contributed by atoms with Crippen LogP contribution in [0.25, 0.3) is 0 Å². The summed E-state index contributed by atoms with van der Waals surface area (Å²) in [7, 11) is 0. The number of alkyl carbamates (subject to hydrolysis) is 1. The van der Waals surface area contributed by atoms with Crippen LogP contribution in [0.15, 0.2) is 12.1 Å². The highest BCUT2D eigenvalue weighted by Crippen LogP contribution is 2.16. The molecule has 0 atom stereocenters. The molecule has 0 aliphatic heterocycles. The molecule has 1 radical (unpaired) electrons. The fraction of sp³-hybridized carbons (Fsp3) is 0.500. The molecule has 1 heterocycles. The molecule has 0 aromatic carbocycles. The van der Waals surface area contributed by atoms with Gasteiger partial charge in [0.25, 0.3) is 0 Å². The van der Waals surface area contributed by atoms with Crippen molar-refractivity contribution in [3.05, 3.63) is 21.9 Å². The number of hydrogen-bond donors (Lipinski definition) is 1. The second-order valence-electron chi connectivity index (χ2n) is 4.54. The van der Waals surface area contributed by atoms with E-state index in [4.69, 9.17) is 4.74 Å². The van der Waals surface area contributed by atoms with E-state index in [2.05, 4.69) is 5.32 Å². The topological polar surface area (TPSA) is 55.4 Å². The van der Waals surface area contributed by atoms with Gasteiger partial charge in [0.15, 0.2) is 0 Å². The number of nitrogens with one attached hydrogen (secondary N) is 1. The van der Waals surface area contributed by atoms with Crippen molar-refractivity contribution in [1.29, 1.82) is 0 Å². The van der Waals surface area contributed by atoms with Gasteiger partial charge in [0, 0.05) is 16.2 Å². The van der Waals surface area contributed by atoms with E-state index in [1.165, 1.54) is 11.3 Å². The first kappa shape index (κ1) is 13.7. The summed E-state index contributed by atoms with van der Waals surface area (Å²) in [5.41, 5.74) is -0.489. The largest absolute Gasteiger partial charge is 0.444 e. The highest BCUT2D eigenvalue weighted by molar-refractivity contribution is 7.12. The number of hydrogen-bond acceptors (Lipinski definition) is 4. The summed E-state index contributed by atoms with van der Waals surface area (Å²) in [6.45, 7) is 5.86. The SMILES string of the molecule is CC(C)(C)OC(=O)NCc1ccc(C[C]=O)s1. The van der Waals surface area contributed by atoms with Crippen LogP contribution in [-0.4, -0.2) is 18.0 Å². The molecule has 1 aromatic rings. The van der Waals surface area contributed by atoms with Crippen LogP contribution in [0.5, 0.6) is 0 Å². The Morgan fingerprint density at radius 2 is 2.06 bits per heavy atom. The Kier molecular flexibility index (Phi) is 4.69. The third-order valence-corrected chi connectivity index (χ3v) is 2.85. The maximum Gasteiger partial charge on any atom is 0.407 e. The molecule has 4 nitrogen and oxygen atoms in total. The van der Waals surface area contributed by atoms with E-state index in [0.717, 1.165) is 9.75 Å². The maximum absolute atomic E-state index is 11.4. The number of carbonyl (C=O) groups excluding carboxylic acids is 2. The van der Waals surface area contributed by atoms with Crippen molar-refractivity contribution in [3.63, 3.8) is 0 Å². The van der Waals surface area contributed by atoms with Crippen LogP contribution >= 0.6 is 11.3 Å².